The Balaban J connectivity index is 0.000000161. The molecule has 0 radical (unpaired) electrons. The minimum Gasteiger partial charge on any atom is -0.423 e. The lowest BCUT2D eigenvalue weighted by molar-refractivity contribution is -0.146. The topological polar surface area (TPSA) is 75.1 Å². The largest absolute Gasteiger partial charge is 0.488 e. The zero-order valence-corrected chi connectivity index (χ0v) is 24.7. The molecule has 4 aromatic heterocycles. The van der Waals surface area contributed by atoms with E-state index in [1.165, 1.54) is 24.8 Å². The van der Waals surface area contributed by atoms with Crippen molar-refractivity contribution in [1.82, 2.24) is 18.8 Å². The quantitative estimate of drug-likeness (QED) is 0.151. The molecule has 0 bridgehead atoms. The number of pyridine rings is 2. The molecular formula is C30H24BBrF6N4O2. The highest BCUT2D eigenvalue weighted by Gasteiger charge is 2.36. The molecule has 0 atom stereocenters. The van der Waals surface area contributed by atoms with E-state index in [2.05, 4.69) is 25.9 Å². The lowest BCUT2D eigenvalue weighted by Gasteiger charge is -2.08. The molecule has 0 amide bonds. The smallest absolute Gasteiger partial charge is 0.423 e. The number of aryl methyl sites for hydroxylation is 2. The van der Waals surface area contributed by atoms with E-state index in [0.29, 0.717) is 21.0 Å². The molecule has 2 aromatic carbocycles. The van der Waals surface area contributed by atoms with Crippen LogP contribution in [0, 0.1) is 13.8 Å². The first-order valence-electron chi connectivity index (χ1n) is 12.9. The van der Waals surface area contributed by atoms with Crippen molar-refractivity contribution in [2.75, 3.05) is 0 Å². The predicted octanol–water partition coefficient (Wildman–Crippen LogP) is 7.12. The van der Waals surface area contributed by atoms with Crippen LogP contribution in [0.4, 0.5) is 26.3 Å². The summed E-state index contributed by atoms with van der Waals surface area (Å²) in [4.78, 5) is 6.78. The predicted molar refractivity (Wildman–Crippen MR) is 159 cm³/mol. The summed E-state index contributed by atoms with van der Waals surface area (Å²) in [6.45, 7) is 3.91. The third-order valence-electron chi connectivity index (χ3n) is 6.29. The molecule has 0 spiro atoms. The van der Waals surface area contributed by atoms with Gasteiger partial charge in [0.15, 0.2) is 0 Å². The number of imidazole rings is 2. The van der Waals surface area contributed by atoms with Gasteiger partial charge in [0.25, 0.3) is 0 Å². The lowest BCUT2D eigenvalue weighted by Crippen LogP contribution is -2.29. The van der Waals surface area contributed by atoms with Crippen LogP contribution in [0.1, 0.15) is 22.8 Å². The third kappa shape index (κ3) is 8.07. The van der Waals surface area contributed by atoms with Gasteiger partial charge in [-0.05, 0) is 64.6 Å². The summed E-state index contributed by atoms with van der Waals surface area (Å²) in [6, 6.07) is 21.4. The summed E-state index contributed by atoms with van der Waals surface area (Å²) in [6.07, 6.45) is -3.66. The van der Waals surface area contributed by atoms with E-state index >= 15 is 0 Å². The van der Waals surface area contributed by atoms with Crippen molar-refractivity contribution in [3.63, 3.8) is 0 Å². The van der Waals surface area contributed by atoms with Crippen molar-refractivity contribution >= 4 is 39.5 Å². The van der Waals surface area contributed by atoms with Crippen molar-refractivity contribution in [2.45, 2.75) is 26.2 Å². The fourth-order valence-electron chi connectivity index (χ4n) is 4.03. The Morgan fingerprint density at radius 2 is 1.05 bits per heavy atom. The minimum atomic E-state index is -4.46. The van der Waals surface area contributed by atoms with Gasteiger partial charge < -0.3 is 10.0 Å². The first kappa shape index (κ1) is 32.8. The van der Waals surface area contributed by atoms with Gasteiger partial charge in [0, 0.05) is 16.9 Å². The Hall–Kier alpha value is -4.14. The highest BCUT2D eigenvalue weighted by atomic mass is 79.9. The molecule has 228 valence electrons. The summed E-state index contributed by atoms with van der Waals surface area (Å²) in [5.74, 6) is -1.81. The Labute approximate surface area is 256 Å². The van der Waals surface area contributed by atoms with Gasteiger partial charge in [-0.3, -0.25) is 8.80 Å². The Bertz CT molecular complexity index is 1850. The van der Waals surface area contributed by atoms with Crippen molar-refractivity contribution in [3.8, 4) is 11.1 Å². The zero-order chi connectivity index (χ0) is 32.2. The number of hydrogen-bond donors (Lipinski definition) is 2. The first-order valence-corrected chi connectivity index (χ1v) is 13.7. The molecule has 2 N–H and O–H groups in total. The number of aromatic nitrogens is 4. The fourth-order valence-corrected chi connectivity index (χ4v) is 4.37. The molecule has 6 rings (SSSR count). The van der Waals surface area contributed by atoms with E-state index < -0.39 is 31.1 Å². The SMILES string of the molecule is Cc1ccc(-c2ccc3cnc(C(F)(F)F)n3c2)cc1.Cc1ccc(B(O)O)cc1.FC(F)(F)c1ncc2ccc(Br)cn12. The first-order chi connectivity index (χ1) is 20.6. The fraction of sp³-hybridized carbons (Fsp3) is 0.133. The normalized spacial score (nSPS) is 11.5. The van der Waals surface area contributed by atoms with Crippen LogP contribution in [0.5, 0.6) is 0 Å². The molecule has 6 nitrogen and oxygen atoms in total. The lowest BCUT2D eigenvalue weighted by atomic mass is 9.80. The van der Waals surface area contributed by atoms with Gasteiger partial charge in [-0.25, -0.2) is 9.97 Å². The number of nitrogens with zero attached hydrogens (tertiary/aromatic N) is 4. The van der Waals surface area contributed by atoms with Gasteiger partial charge >= 0.3 is 19.5 Å². The van der Waals surface area contributed by atoms with Crippen LogP contribution < -0.4 is 5.46 Å². The van der Waals surface area contributed by atoms with E-state index in [1.807, 2.05) is 50.2 Å². The summed E-state index contributed by atoms with van der Waals surface area (Å²) in [5, 5.41) is 17.3. The summed E-state index contributed by atoms with van der Waals surface area (Å²) in [5.41, 5.74) is 5.19. The molecule has 0 unspecified atom stereocenters. The van der Waals surface area contributed by atoms with E-state index in [9.17, 15) is 26.3 Å². The van der Waals surface area contributed by atoms with Crippen molar-refractivity contribution in [2.24, 2.45) is 0 Å². The van der Waals surface area contributed by atoms with E-state index in [0.717, 1.165) is 31.1 Å². The highest BCUT2D eigenvalue weighted by Crippen LogP contribution is 2.31. The van der Waals surface area contributed by atoms with Gasteiger partial charge in [0.05, 0.1) is 23.4 Å². The highest BCUT2D eigenvalue weighted by molar-refractivity contribution is 9.10. The van der Waals surface area contributed by atoms with Gasteiger partial charge in [-0.15, -0.1) is 0 Å². The molecule has 0 saturated heterocycles. The van der Waals surface area contributed by atoms with Crippen molar-refractivity contribution in [3.05, 3.63) is 125 Å². The van der Waals surface area contributed by atoms with E-state index in [-0.39, 0.29) is 0 Å². The molecule has 0 aliphatic rings. The molecule has 0 fully saturated rings. The van der Waals surface area contributed by atoms with E-state index in [1.54, 1.807) is 36.4 Å². The summed E-state index contributed by atoms with van der Waals surface area (Å²) < 4.78 is 78.4. The summed E-state index contributed by atoms with van der Waals surface area (Å²) >= 11 is 3.10. The minimum absolute atomic E-state index is 0.417. The second-order valence-corrected chi connectivity index (χ2v) is 10.6. The monoisotopic (exact) mass is 676 g/mol. The number of alkyl halides is 6. The number of halogens is 7. The molecule has 6 aromatic rings. The molecule has 4 heterocycles. The molecule has 44 heavy (non-hydrogen) atoms. The van der Waals surface area contributed by atoms with E-state index in [4.69, 9.17) is 10.0 Å². The van der Waals surface area contributed by atoms with Crippen LogP contribution in [-0.2, 0) is 12.4 Å². The van der Waals surface area contributed by atoms with Crippen LogP contribution in [0.15, 0.2) is 102 Å². The second kappa shape index (κ2) is 13.2. The average molecular weight is 677 g/mol. The number of fused-ring (bicyclic) bond motifs is 2. The Kier molecular flexibility index (Phi) is 9.86. The maximum Gasteiger partial charge on any atom is 0.488 e. The molecule has 0 saturated carbocycles. The average Bonchev–Trinajstić information content (AvgIpc) is 3.58. The van der Waals surface area contributed by atoms with Gasteiger partial charge in [0.1, 0.15) is 0 Å². The Morgan fingerprint density at radius 1 is 0.614 bits per heavy atom. The van der Waals surface area contributed by atoms with Gasteiger partial charge in [0.2, 0.25) is 11.6 Å². The standard InChI is InChI=1S/C15H11F3N2.C8H4BrF3N2.C7H9BO2/c1-10-2-4-11(5-3-10)12-6-7-13-8-19-14(15(16,17)18)20(13)9-12;9-5-1-2-6-3-13-7(8(10,11)12)14(6)4-5;1-6-2-4-7(5-3-6)8(9)10/h2-9H,1H3;1-4H;2-5,9-10H,1H3. The number of benzene rings is 2. The molecule has 0 aliphatic heterocycles. The zero-order valence-electron chi connectivity index (χ0n) is 23.1. The van der Waals surface area contributed by atoms with Crippen LogP contribution >= 0.6 is 15.9 Å². The Morgan fingerprint density at radius 3 is 1.52 bits per heavy atom. The van der Waals surface area contributed by atoms with Crippen LogP contribution in [-0.4, -0.2) is 35.9 Å². The molecule has 0 aliphatic carbocycles. The van der Waals surface area contributed by atoms with Gasteiger partial charge in [-0.2, -0.15) is 26.3 Å². The number of rotatable bonds is 2. The second-order valence-electron chi connectivity index (χ2n) is 9.66. The molecular weight excluding hydrogens is 653 g/mol. The molecule has 14 heteroatoms. The number of hydrogen-bond acceptors (Lipinski definition) is 4. The maximum absolute atomic E-state index is 12.9. The van der Waals surface area contributed by atoms with Gasteiger partial charge in [-0.1, -0.05) is 65.7 Å². The van der Waals surface area contributed by atoms with Crippen molar-refractivity contribution in [1.29, 1.82) is 0 Å². The summed E-state index contributed by atoms with van der Waals surface area (Å²) in [7, 11) is -1.35. The van der Waals surface area contributed by atoms with Crippen LogP contribution in [0.3, 0.4) is 0 Å². The van der Waals surface area contributed by atoms with Crippen LogP contribution in [0.25, 0.3) is 22.2 Å². The third-order valence-corrected chi connectivity index (χ3v) is 6.76. The van der Waals surface area contributed by atoms with Crippen LogP contribution in [0.2, 0.25) is 0 Å². The maximum atomic E-state index is 12.9. The van der Waals surface area contributed by atoms with Crippen molar-refractivity contribution < 1.29 is 36.4 Å².